The molecular weight excluding hydrogens is 250 g/mol. The largest absolute Gasteiger partial charge is 0.444 e. The number of ether oxygens (including phenoxy) is 1. The number of likely N-dealkylation sites (tertiary alicyclic amines) is 1. The molecule has 2 aliphatic rings. The first-order chi connectivity index (χ1) is 9.34. The SMILES string of the molecule is C#CC1(CCC2CCCN(C(=O)OC(C)(C)C)C2)CC1. The third kappa shape index (κ3) is 4.16. The zero-order chi connectivity index (χ0) is 14.8. The summed E-state index contributed by atoms with van der Waals surface area (Å²) < 4.78 is 5.46. The van der Waals surface area contributed by atoms with Crippen molar-refractivity contribution in [3.05, 3.63) is 0 Å². The smallest absolute Gasteiger partial charge is 0.410 e. The molecule has 1 aliphatic heterocycles. The molecule has 0 spiro atoms. The minimum Gasteiger partial charge on any atom is -0.444 e. The molecule has 1 saturated carbocycles. The average Bonchev–Trinajstić information content (AvgIpc) is 3.15. The minimum atomic E-state index is -0.411. The minimum absolute atomic E-state index is 0.166. The van der Waals surface area contributed by atoms with Crippen LogP contribution in [0.4, 0.5) is 4.79 Å². The van der Waals surface area contributed by atoms with Crippen molar-refractivity contribution in [2.24, 2.45) is 11.3 Å². The maximum absolute atomic E-state index is 12.1. The van der Waals surface area contributed by atoms with Gasteiger partial charge in [-0.25, -0.2) is 4.79 Å². The molecule has 1 heterocycles. The second-order valence-electron chi connectivity index (χ2n) is 7.40. The molecule has 1 unspecified atom stereocenters. The third-order valence-corrected chi connectivity index (χ3v) is 4.36. The lowest BCUT2D eigenvalue weighted by molar-refractivity contribution is 0.0159. The molecule has 3 heteroatoms. The second kappa shape index (κ2) is 5.68. The topological polar surface area (TPSA) is 29.5 Å². The third-order valence-electron chi connectivity index (χ3n) is 4.36. The Labute approximate surface area is 123 Å². The van der Waals surface area contributed by atoms with E-state index >= 15 is 0 Å². The van der Waals surface area contributed by atoms with Crippen LogP contribution in [0.15, 0.2) is 0 Å². The van der Waals surface area contributed by atoms with Crippen molar-refractivity contribution < 1.29 is 9.53 Å². The Hall–Kier alpha value is -1.17. The molecular formula is C17H27NO2. The predicted octanol–water partition coefficient (Wildman–Crippen LogP) is 3.83. The normalized spacial score (nSPS) is 24.9. The van der Waals surface area contributed by atoms with Crippen LogP contribution in [0.25, 0.3) is 0 Å². The van der Waals surface area contributed by atoms with Crippen molar-refractivity contribution in [3.63, 3.8) is 0 Å². The second-order valence-corrected chi connectivity index (χ2v) is 7.40. The van der Waals surface area contributed by atoms with Gasteiger partial charge in [0.1, 0.15) is 5.60 Å². The standard InChI is InChI=1S/C17H27NO2/c1-5-17(10-11-17)9-8-14-7-6-12-18(13-14)15(19)20-16(2,3)4/h1,14H,6-13H2,2-4H3. The molecule has 1 saturated heterocycles. The van der Waals surface area contributed by atoms with Crippen LogP contribution in [0.3, 0.4) is 0 Å². The summed E-state index contributed by atoms with van der Waals surface area (Å²) in [5.41, 5.74) is -0.209. The molecule has 1 atom stereocenters. The van der Waals surface area contributed by atoms with E-state index in [1.807, 2.05) is 25.7 Å². The van der Waals surface area contributed by atoms with E-state index in [9.17, 15) is 4.79 Å². The summed E-state index contributed by atoms with van der Waals surface area (Å²) in [6.45, 7) is 7.39. The van der Waals surface area contributed by atoms with Gasteiger partial charge in [-0.2, -0.15) is 0 Å². The van der Waals surface area contributed by atoms with Crippen LogP contribution in [0.5, 0.6) is 0 Å². The maximum Gasteiger partial charge on any atom is 0.410 e. The first kappa shape index (κ1) is 15.2. The Bertz CT molecular complexity index is 398. The highest BCUT2D eigenvalue weighted by Crippen LogP contribution is 2.49. The molecule has 3 nitrogen and oxygen atoms in total. The van der Waals surface area contributed by atoms with Gasteiger partial charge in [-0.15, -0.1) is 6.42 Å². The van der Waals surface area contributed by atoms with Gasteiger partial charge in [0.15, 0.2) is 0 Å². The van der Waals surface area contributed by atoms with Gasteiger partial charge in [0, 0.05) is 18.5 Å². The van der Waals surface area contributed by atoms with E-state index in [4.69, 9.17) is 11.2 Å². The van der Waals surface area contributed by atoms with Gasteiger partial charge in [0.25, 0.3) is 0 Å². The van der Waals surface area contributed by atoms with E-state index in [0.29, 0.717) is 5.92 Å². The first-order valence-electron chi connectivity index (χ1n) is 7.79. The van der Waals surface area contributed by atoms with Crippen molar-refractivity contribution >= 4 is 6.09 Å². The van der Waals surface area contributed by atoms with Gasteiger partial charge < -0.3 is 9.64 Å². The highest BCUT2D eigenvalue weighted by Gasteiger charge is 2.41. The quantitative estimate of drug-likeness (QED) is 0.734. The van der Waals surface area contributed by atoms with E-state index in [1.54, 1.807) is 0 Å². The summed E-state index contributed by atoms with van der Waals surface area (Å²) in [6.07, 6.45) is 12.3. The van der Waals surface area contributed by atoms with Crippen LogP contribution in [0, 0.1) is 23.7 Å². The number of carbonyl (C=O) groups is 1. The number of terminal acetylenes is 1. The van der Waals surface area contributed by atoms with Crippen LogP contribution in [0.1, 0.15) is 59.3 Å². The Morgan fingerprint density at radius 3 is 2.70 bits per heavy atom. The van der Waals surface area contributed by atoms with Gasteiger partial charge >= 0.3 is 6.09 Å². The monoisotopic (exact) mass is 277 g/mol. The van der Waals surface area contributed by atoms with Crippen molar-refractivity contribution in [2.75, 3.05) is 13.1 Å². The molecule has 1 aliphatic carbocycles. The van der Waals surface area contributed by atoms with Crippen molar-refractivity contribution in [3.8, 4) is 12.3 Å². The molecule has 112 valence electrons. The number of nitrogens with zero attached hydrogens (tertiary/aromatic N) is 1. The summed E-state index contributed by atoms with van der Waals surface area (Å²) in [4.78, 5) is 14.0. The molecule has 1 amide bonds. The fourth-order valence-corrected chi connectivity index (χ4v) is 2.89. The van der Waals surface area contributed by atoms with Crippen molar-refractivity contribution in [1.29, 1.82) is 0 Å². The van der Waals surface area contributed by atoms with Gasteiger partial charge in [0.05, 0.1) is 0 Å². The lowest BCUT2D eigenvalue weighted by Gasteiger charge is -2.34. The summed E-state index contributed by atoms with van der Waals surface area (Å²) in [6, 6.07) is 0. The van der Waals surface area contributed by atoms with Crippen molar-refractivity contribution in [2.45, 2.75) is 64.9 Å². The van der Waals surface area contributed by atoms with E-state index < -0.39 is 5.60 Å². The zero-order valence-corrected chi connectivity index (χ0v) is 13.1. The fourth-order valence-electron chi connectivity index (χ4n) is 2.89. The van der Waals surface area contributed by atoms with Gasteiger partial charge in [0.2, 0.25) is 0 Å². The molecule has 2 fully saturated rings. The van der Waals surface area contributed by atoms with E-state index in [0.717, 1.165) is 32.4 Å². The number of amides is 1. The van der Waals surface area contributed by atoms with Crippen LogP contribution < -0.4 is 0 Å². The number of hydrogen-bond donors (Lipinski definition) is 0. The van der Waals surface area contributed by atoms with Gasteiger partial charge in [-0.1, -0.05) is 5.92 Å². The average molecular weight is 277 g/mol. The molecule has 20 heavy (non-hydrogen) atoms. The lowest BCUT2D eigenvalue weighted by atomic mass is 9.89. The number of carbonyl (C=O) groups excluding carboxylic acids is 1. The maximum atomic E-state index is 12.1. The lowest BCUT2D eigenvalue weighted by Crippen LogP contribution is -2.42. The first-order valence-corrected chi connectivity index (χ1v) is 7.79. The Morgan fingerprint density at radius 1 is 1.45 bits per heavy atom. The predicted molar refractivity (Wildman–Crippen MR) is 80.3 cm³/mol. The Balaban J connectivity index is 1.79. The van der Waals surface area contributed by atoms with Gasteiger partial charge in [-0.05, 0) is 65.2 Å². The molecule has 0 bridgehead atoms. The number of hydrogen-bond acceptors (Lipinski definition) is 2. The summed E-state index contributed by atoms with van der Waals surface area (Å²) in [7, 11) is 0. The summed E-state index contributed by atoms with van der Waals surface area (Å²) >= 11 is 0. The molecule has 0 aromatic carbocycles. The number of rotatable bonds is 3. The van der Waals surface area contributed by atoms with Crippen LogP contribution in [0.2, 0.25) is 0 Å². The zero-order valence-electron chi connectivity index (χ0n) is 13.1. The molecule has 0 aromatic heterocycles. The van der Waals surface area contributed by atoms with Crippen LogP contribution in [-0.2, 0) is 4.74 Å². The Morgan fingerprint density at radius 2 is 2.15 bits per heavy atom. The van der Waals surface area contributed by atoms with E-state index in [-0.39, 0.29) is 11.5 Å². The van der Waals surface area contributed by atoms with E-state index in [2.05, 4.69) is 5.92 Å². The van der Waals surface area contributed by atoms with Crippen LogP contribution >= 0.6 is 0 Å². The number of piperidine rings is 1. The molecule has 0 radical (unpaired) electrons. The van der Waals surface area contributed by atoms with Crippen LogP contribution in [-0.4, -0.2) is 29.7 Å². The summed E-state index contributed by atoms with van der Waals surface area (Å²) in [5.74, 6) is 3.54. The molecule has 0 N–H and O–H groups in total. The fraction of sp³-hybridized carbons (Fsp3) is 0.824. The van der Waals surface area contributed by atoms with Crippen molar-refractivity contribution in [1.82, 2.24) is 4.90 Å². The highest BCUT2D eigenvalue weighted by atomic mass is 16.6. The highest BCUT2D eigenvalue weighted by molar-refractivity contribution is 5.68. The molecule has 2 rings (SSSR count). The van der Waals surface area contributed by atoms with E-state index in [1.165, 1.54) is 19.3 Å². The van der Waals surface area contributed by atoms with Gasteiger partial charge in [-0.3, -0.25) is 0 Å². The Kier molecular flexibility index (Phi) is 4.32. The molecule has 0 aromatic rings. The summed E-state index contributed by atoms with van der Waals surface area (Å²) in [5, 5.41) is 0.